The molecule has 4 heteroatoms. The number of nitrogens with one attached hydrogen (secondary N) is 1. The van der Waals surface area contributed by atoms with Gasteiger partial charge < -0.3 is 0 Å². The van der Waals surface area contributed by atoms with Crippen molar-refractivity contribution in [3.8, 4) is 5.69 Å². The summed E-state index contributed by atoms with van der Waals surface area (Å²) >= 11 is 0. The molecular formula is C16H13N3O. The first-order valence-electron chi connectivity index (χ1n) is 6.31. The van der Waals surface area contributed by atoms with Gasteiger partial charge in [-0.1, -0.05) is 54.6 Å². The van der Waals surface area contributed by atoms with E-state index in [0.29, 0.717) is 5.82 Å². The summed E-state index contributed by atoms with van der Waals surface area (Å²) in [7, 11) is 0. The highest BCUT2D eigenvalue weighted by molar-refractivity contribution is 5.66. The number of nitrogens with zero attached hydrogens (tertiary/aromatic N) is 2. The van der Waals surface area contributed by atoms with Crippen LogP contribution in [0.2, 0.25) is 0 Å². The van der Waals surface area contributed by atoms with Gasteiger partial charge in [0.05, 0.1) is 5.69 Å². The Morgan fingerprint density at radius 3 is 2.25 bits per heavy atom. The zero-order valence-corrected chi connectivity index (χ0v) is 10.7. The summed E-state index contributed by atoms with van der Waals surface area (Å²) in [5, 5.41) is 4.26. The van der Waals surface area contributed by atoms with E-state index in [1.807, 2.05) is 66.7 Å². The smallest absolute Gasteiger partial charge is 0.289 e. The lowest BCUT2D eigenvalue weighted by molar-refractivity contribution is 0.840. The normalized spacial score (nSPS) is 11.0. The lowest BCUT2D eigenvalue weighted by atomic mass is 10.2. The average Bonchev–Trinajstić information content (AvgIpc) is 2.88. The van der Waals surface area contributed by atoms with E-state index in [1.165, 1.54) is 4.68 Å². The topological polar surface area (TPSA) is 50.7 Å². The molecule has 20 heavy (non-hydrogen) atoms. The summed E-state index contributed by atoms with van der Waals surface area (Å²) in [6.07, 6.45) is 3.70. The van der Waals surface area contributed by atoms with E-state index in [9.17, 15) is 4.79 Å². The first-order valence-corrected chi connectivity index (χ1v) is 6.31. The number of rotatable bonds is 3. The van der Waals surface area contributed by atoms with Gasteiger partial charge in [0.2, 0.25) is 0 Å². The lowest BCUT2D eigenvalue weighted by Gasteiger charge is -1.96. The summed E-state index contributed by atoms with van der Waals surface area (Å²) < 4.78 is 1.35. The Bertz CT molecular complexity index is 770. The molecule has 1 heterocycles. The fourth-order valence-corrected chi connectivity index (χ4v) is 1.90. The number of aromatic amines is 1. The van der Waals surface area contributed by atoms with Gasteiger partial charge in [-0.2, -0.15) is 4.68 Å². The molecule has 0 saturated heterocycles. The van der Waals surface area contributed by atoms with Crippen LogP contribution in [0.1, 0.15) is 11.4 Å². The van der Waals surface area contributed by atoms with Crippen molar-refractivity contribution in [3.05, 3.63) is 82.5 Å². The Balaban J connectivity index is 1.90. The molecule has 0 spiro atoms. The minimum atomic E-state index is -0.246. The molecule has 4 nitrogen and oxygen atoms in total. The quantitative estimate of drug-likeness (QED) is 0.790. The molecule has 0 aliphatic heterocycles. The van der Waals surface area contributed by atoms with Crippen molar-refractivity contribution in [1.82, 2.24) is 14.8 Å². The SMILES string of the molecule is O=c1[nH]c(/C=C/c2ccccc2)nn1-c1ccccc1. The fraction of sp³-hybridized carbons (Fsp3) is 0. The van der Waals surface area contributed by atoms with Gasteiger partial charge in [0.25, 0.3) is 0 Å². The molecule has 0 aliphatic rings. The number of para-hydroxylation sites is 1. The first kappa shape index (κ1) is 12.2. The van der Waals surface area contributed by atoms with Crippen LogP contribution in [0.15, 0.2) is 65.5 Å². The molecule has 0 radical (unpaired) electrons. The third-order valence-electron chi connectivity index (χ3n) is 2.87. The van der Waals surface area contributed by atoms with Gasteiger partial charge in [0.15, 0.2) is 5.82 Å². The van der Waals surface area contributed by atoms with E-state index in [1.54, 1.807) is 6.08 Å². The molecule has 1 aromatic heterocycles. The molecule has 2 aromatic carbocycles. The predicted octanol–water partition coefficient (Wildman–Crippen LogP) is 2.73. The molecule has 0 bridgehead atoms. The van der Waals surface area contributed by atoms with Gasteiger partial charge in [-0.3, -0.25) is 4.98 Å². The maximum absolute atomic E-state index is 11.9. The molecule has 3 rings (SSSR count). The summed E-state index contributed by atoms with van der Waals surface area (Å²) in [6, 6.07) is 19.2. The van der Waals surface area contributed by atoms with E-state index >= 15 is 0 Å². The van der Waals surface area contributed by atoms with Gasteiger partial charge in [-0.25, -0.2) is 4.79 Å². The van der Waals surface area contributed by atoms with Gasteiger partial charge >= 0.3 is 5.69 Å². The Labute approximate surface area is 116 Å². The Morgan fingerprint density at radius 2 is 1.55 bits per heavy atom. The van der Waals surface area contributed by atoms with Crippen LogP contribution in [0.25, 0.3) is 17.8 Å². The molecule has 3 aromatic rings. The standard InChI is InChI=1S/C16H13N3O/c20-16-17-15(12-11-13-7-3-1-4-8-13)18-19(16)14-9-5-2-6-10-14/h1-12H,(H,17,18,20)/b12-11+. The van der Waals surface area contributed by atoms with Crippen LogP contribution in [0.4, 0.5) is 0 Å². The van der Waals surface area contributed by atoms with Crippen molar-refractivity contribution in [2.24, 2.45) is 0 Å². The minimum Gasteiger partial charge on any atom is -0.289 e. The highest BCUT2D eigenvalue weighted by Gasteiger charge is 2.03. The summed E-state index contributed by atoms with van der Waals surface area (Å²) in [6.45, 7) is 0. The highest BCUT2D eigenvalue weighted by atomic mass is 16.1. The Kier molecular flexibility index (Phi) is 3.29. The molecule has 0 saturated carbocycles. The predicted molar refractivity (Wildman–Crippen MR) is 79.6 cm³/mol. The molecule has 0 fully saturated rings. The van der Waals surface area contributed by atoms with Crippen molar-refractivity contribution in [1.29, 1.82) is 0 Å². The van der Waals surface area contributed by atoms with Crippen LogP contribution in [-0.4, -0.2) is 14.8 Å². The third kappa shape index (κ3) is 2.59. The zero-order valence-electron chi connectivity index (χ0n) is 10.7. The molecule has 98 valence electrons. The van der Waals surface area contributed by atoms with Crippen LogP contribution in [-0.2, 0) is 0 Å². The summed E-state index contributed by atoms with van der Waals surface area (Å²) in [5.74, 6) is 0.530. The number of benzene rings is 2. The van der Waals surface area contributed by atoms with Gasteiger partial charge in [0, 0.05) is 0 Å². The van der Waals surface area contributed by atoms with Crippen LogP contribution in [0.3, 0.4) is 0 Å². The van der Waals surface area contributed by atoms with Crippen molar-refractivity contribution in [3.63, 3.8) is 0 Å². The molecule has 0 amide bonds. The van der Waals surface area contributed by atoms with Crippen molar-refractivity contribution >= 4 is 12.2 Å². The van der Waals surface area contributed by atoms with Crippen molar-refractivity contribution in [2.75, 3.05) is 0 Å². The third-order valence-corrected chi connectivity index (χ3v) is 2.87. The van der Waals surface area contributed by atoms with E-state index < -0.39 is 0 Å². The van der Waals surface area contributed by atoms with Crippen molar-refractivity contribution < 1.29 is 0 Å². The number of hydrogen-bond donors (Lipinski definition) is 1. The zero-order chi connectivity index (χ0) is 13.8. The van der Waals surface area contributed by atoms with E-state index in [2.05, 4.69) is 10.1 Å². The lowest BCUT2D eigenvalue weighted by Crippen LogP contribution is -2.15. The average molecular weight is 263 g/mol. The fourth-order valence-electron chi connectivity index (χ4n) is 1.90. The molecular weight excluding hydrogens is 250 g/mol. The van der Waals surface area contributed by atoms with Gasteiger partial charge in [-0.05, 0) is 23.8 Å². The maximum Gasteiger partial charge on any atom is 0.348 e. The largest absolute Gasteiger partial charge is 0.348 e. The van der Waals surface area contributed by atoms with Crippen LogP contribution >= 0.6 is 0 Å². The molecule has 0 atom stereocenters. The second-order valence-corrected chi connectivity index (χ2v) is 4.31. The van der Waals surface area contributed by atoms with Crippen LogP contribution < -0.4 is 5.69 Å². The van der Waals surface area contributed by atoms with E-state index in [-0.39, 0.29) is 5.69 Å². The molecule has 0 unspecified atom stereocenters. The maximum atomic E-state index is 11.9. The molecule has 0 aliphatic carbocycles. The van der Waals surface area contributed by atoms with E-state index in [4.69, 9.17) is 0 Å². The second kappa shape index (κ2) is 5.40. The van der Waals surface area contributed by atoms with E-state index in [0.717, 1.165) is 11.3 Å². The molecule has 1 N–H and O–H groups in total. The van der Waals surface area contributed by atoms with Gasteiger partial charge in [0.1, 0.15) is 0 Å². The van der Waals surface area contributed by atoms with Crippen molar-refractivity contribution in [2.45, 2.75) is 0 Å². The number of aromatic nitrogens is 3. The summed E-state index contributed by atoms with van der Waals surface area (Å²) in [5.41, 5.74) is 1.56. The summed E-state index contributed by atoms with van der Waals surface area (Å²) in [4.78, 5) is 14.6. The van der Waals surface area contributed by atoms with Crippen LogP contribution in [0.5, 0.6) is 0 Å². The monoisotopic (exact) mass is 263 g/mol. The first-order chi connectivity index (χ1) is 9.83. The Morgan fingerprint density at radius 1 is 0.900 bits per heavy atom. The Hall–Kier alpha value is -2.88. The number of hydrogen-bond acceptors (Lipinski definition) is 2. The van der Waals surface area contributed by atoms with Gasteiger partial charge in [-0.15, -0.1) is 5.10 Å². The number of H-pyrrole nitrogens is 1. The highest BCUT2D eigenvalue weighted by Crippen LogP contribution is 2.05. The second-order valence-electron chi connectivity index (χ2n) is 4.31. The minimum absolute atomic E-state index is 0.246. The van der Waals surface area contributed by atoms with Crippen LogP contribution in [0, 0.1) is 0 Å².